The van der Waals surface area contributed by atoms with Gasteiger partial charge in [0.25, 0.3) is 0 Å². The van der Waals surface area contributed by atoms with Crippen molar-refractivity contribution in [3.63, 3.8) is 0 Å². The van der Waals surface area contributed by atoms with E-state index in [0.29, 0.717) is 13.7 Å². The van der Waals surface area contributed by atoms with Crippen molar-refractivity contribution in [3.8, 4) is 0 Å². The van der Waals surface area contributed by atoms with Crippen LogP contribution in [0, 0.1) is 0 Å². The van der Waals surface area contributed by atoms with Crippen LogP contribution < -0.4 is 0 Å². The molecule has 0 aromatic heterocycles. The number of alkyl halides is 3. The Kier molecular flexibility index (Phi) is 16.1. The summed E-state index contributed by atoms with van der Waals surface area (Å²) in [6.45, 7) is 8.06. The van der Waals surface area contributed by atoms with Crippen molar-refractivity contribution < 1.29 is 55.2 Å². The van der Waals surface area contributed by atoms with Gasteiger partial charge in [0.05, 0.1) is 20.3 Å². The summed E-state index contributed by atoms with van der Waals surface area (Å²) < 4.78 is 71.9. The largest absolute Gasteiger partial charge is 0.523 e. The molecule has 0 bridgehead atoms. The van der Waals surface area contributed by atoms with E-state index in [-0.39, 0.29) is 5.79 Å². The molecule has 2 fully saturated rings. The minimum Gasteiger partial charge on any atom is -0.400 e. The topological polar surface area (TPSA) is 121 Å². The number of aliphatic hydroxyl groups excluding tert-OH is 1. The minimum atomic E-state index is -5.34. The fourth-order valence-electron chi connectivity index (χ4n) is 2.40. The third-order valence-corrected chi connectivity index (χ3v) is 5.02. The van der Waals surface area contributed by atoms with Crippen molar-refractivity contribution in [2.24, 2.45) is 0 Å². The van der Waals surface area contributed by atoms with E-state index in [2.05, 4.69) is 9.07 Å². The second-order valence-electron chi connectivity index (χ2n) is 6.47. The van der Waals surface area contributed by atoms with Gasteiger partial charge in [0.15, 0.2) is 11.6 Å². The zero-order valence-corrected chi connectivity index (χ0v) is 19.0. The normalized spacial score (nSPS) is 26.7. The molecule has 0 aromatic carbocycles. The first-order chi connectivity index (χ1) is 13.8. The molecule has 2 rings (SSSR count). The summed E-state index contributed by atoms with van der Waals surface area (Å²) in [5, 5.41) is 15.3. The van der Waals surface area contributed by atoms with Gasteiger partial charge in [-0.3, -0.25) is 4.18 Å². The van der Waals surface area contributed by atoms with Crippen LogP contribution >= 0.6 is 0 Å². The lowest BCUT2D eigenvalue weighted by Crippen LogP contribution is -2.35. The van der Waals surface area contributed by atoms with Crippen LogP contribution in [-0.4, -0.2) is 69.9 Å². The molecule has 184 valence electrons. The monoisotopic (exact) mass is 472 g/mol. The first-order valence-electron chi connectivity index (χ1n) is 9.41. The smallest absolute Gasteiger partial charge is 0.400 e. The Morgan fingerprint density at radius 2 is 1.40 bits per heavy atom. The summed E-state index contributed by atoms with van der Waals surface area (Å²) in [6.07, 6.45) is 6.37. The highest BCUT2D eigenvalue weighted by atomic mass is 32.2. The molecule has 0 saturated carbocycles. The van der Waals surface area contributed by atoms with Crippen molar-refractivity contribution in [1.82, 2.24) is 0 Å². The number of hydrogen-bond acceptors (Lipinski definition) is 9. The summed E-state index contributed by atoms with van der Waals surface area (Å²) in [7, 11) is -3.89. The molecule has 2 aliphatic heterocycles. The van der Waals surface area contributed by atoms with E-state index in [9.17, 15) is 21.6 Å². The third kappa shape index (κ3) is 13.0. The first kappa shape index (κ1) is 31.6. The fourth-order valence-corrected chi connectivity index (χ4v) is 2.59. The third-order valence-electron chi connectivity index (χ3n) is 4.01. The predicted octanol–water partition coefficient (Wildman–Crippen LogP) is 3.42. The molecular weight excluding hydrogens is 437 g/mol. The number of hydrogen-bond donors (Lipinski definition) is 2. The highest BCUT2D eigenvalue weighted by Crippen LogP contribution is 2.25. The summed E-state index contributed by atoms with van der Waals surface area (Å²) in [5.41, 5.74) is -5.30. The first-order valence-corrected chi connectivity index (χ1v) is 10.8. The SMILES string of the molecule is CC1(OO)CCCCO1.CCOC1(C)CCCCO1.CO.COS(=O)(=O)C(F)(F)F. The van der Waals surface area contributed by atoms with Gasteiger partial charge in [0.1, 0.15) is 0 Å². The molecule has 13 heteroatoms. The molecule has 2 heterocycles. The maximum atomic E-state index is 11.1. The van der Waals surface area contributed by atoms with Crippen molar-refractivity contribution in [3.05, 3.63) is 0 Å². The predicted molar refractivity (Wildman–Crippen MR) is 102 cm³/mol. The van der Waals surface area contributed by atoms with Crippen LogP contribution in [0.1, 0.15) is 59.3 Å². The molecule has 2 N–H and O–H groups in total. The van der Waals surface area contributed by atoms with E-state index < -0.39 is 21.4 Å². The highest BCUT2D eigenvalue weighted by molar-refractivity contribution is 7.87. The molecule has 0 aliphatic carbocycles. The lowest BCUT2D eigenvalue weighted by atomic mass is 10.1. The maximum absolute atomic E-state index is 11.1. The molecule has 2 saturated heterocycles. The van der Waals surface area contributed by atoms with Crippen molar-refractivity contribution in [1.29, 1.82) is 0 Å². The Morgan fingerprint density at radius 3 is 1.60 bits per heavy atom. The number of rotatable bonds is 4. The van der Waals surface area contributed by atoms with Crippen LogP contribution in [0.4, 0.5) is 13.2 Å². The average molecular weight is 473 g/mol. The Morgan fingerprint density at radius 1 is 0.967 bits per heavy atom. The van der Waals surface area contributed by atoms with Gasteiger partial charge in [-0.25, -0.2) is 10.1 Å². The van der Waals surface area contributed by atoms with Gasteiger partial charge < -0.3 is 19.3 Å². The Labute approximate surface area is 176 Å². The minimum absolute atomic E-state index is 0.271. The highest BCUT2D eigenvalue weighted by Gasteiger charge is 2.46. The summed E-state index contributed by atoms with van der Waals surface area (Å²) in [5.74, 6) is -0.995. The maximum Gasteiger partial charge on any atom is 0.523 e. The van der Waals surface area contributed by atoms with E-state index in [4.69, 9.17) is 24.6 Å². The van der Waals surface area contributed by atoms with Crippen LogP contribution in [0.5, 0.6) is 0 Å². The second-order valence-corrected chi connectivity index (χ2v) is 8.17. The summed E-state index contributed by atoms with van der Waals surface area (Å²) in [4.78, 5) is 4.16. The zero-order valence-electron chi connectivity index (χ0n) is 18.2. The van der Waals surface area contributed by atoms with E-state index >= 15 is 0 Å². The molecule has 0 spiro atoms. The van der Waals surface area contributed by atoms with E-state index in [1.807, 2.05) is 13.8 Å². The second kappa shape index (κ2) is 15.3. The number of halogens is 3. The van der Waals surface area contributed by atoms with Gasteiger partial charge in [-0.1, -0.05) is 0 Å². The van der Waals surface area contributed by atoms with Crippen molar-refractivity contribution in [2.45, 2.75) is 76.4 Å². The van der Waals surface area contributed by atoms with Gasteiger partial charge in [-0.2, -0.15) is 21.6 Å². The lowest BCUT2D eigenvalue weighted by molar-refractivity contribution is -0.405. The molecule has 0 aromatic rings. The van der Waals surface area contributed by atoms with Gasteiger partial charge in [-0.15, -0.1) is 0 Å². The van der Waals surface area contributed by atoms with Crippen LogP contribution in [-0.2, 0) is 33.4 Å². The molecular formula is C17H35F3O9S. The molecule has 2 aliphatic rings. The Balaban J connectivity index is 0. The van der Waals surface area contributed by atoms with E-state index in [1.165, 1.54) is 12.8 Å². The van der Waals surface area contributed by atoms with Crippen LogP contribution in [0.15, 0.2) is 0 Å². The van der Waals surface area contributed by atoms with Gasteiger partial charge in [0.2, 0.25) is 0 Å². The Bertz CT molecular complexity index is 510. The van der Waals surface area contributed by atoms with Crippen LogP contribution in [0.3, 0.4) is 0 Å². The molecule has 9 nitrogen and oxygen atoms in total. The van der Waals surface area contributed by atoms with Crippen LogP contribution in [0.25, 0.3) is 0 Å². The molecule has 0 amide bonds. The van der Waals surface area contributed by atoms with E-state index in [1.54, 1.807) is 6.92 Å². The van der Waals surface area contributed by atoms with E-state index in [0.717, 1.165) is 46.0 Å². The number of ether oxygens (including phenoxy) is 3. The van der Waals surface area contributed by atoms with Gasteiger partial charge >= 0.3 is 15.6 Å². The lowest BCUT2D eigenvalue weighted by Gasteiger charge is -2.33. The summed E-state index contributed by atoms with van der Waals surface area (Å²) in [6, 6.07) is 0. The van der Waals surface area contributed by atoms with Crippen LogP contribution in [0.2, 0.25) is 0 Å². The van der Waals surface area contributed by atoms with Gasteiger partial charge in [0, 0.05) is 26.6 Å². The Hall–Kier alpha value is -0.540. The molecule has 2 atom stereocenters. The number of aliphatic hydroxyl groups is 1. The molecule has 30 heavy (non-hydrogen) atoms. The standard InChI is InChI=1S/C8H16O2.C6H12O3.C2H3F3O3S.CH4O/c1-3-9-8(2)6-4-5-7-10-8;1-6(9-7)4-2-3-5-8-6;1-8-9(6,7)2(3,4)5;1-2/h3-7H2,1-2H3;7H,2-5H2,1H3;1H3;2H,1H3. The average Bonchev–Trinajstić information content (AvgIpc) is 2.71. The van der Waals surface area contributed by atoms with Gasteiger partial charge in [-0.05, 0) is 46.5 Å². The quantitative estimate of drug-likeness (QED) is 0.274. The molecule has 2 unspecified atom stereocenters. The zero-order chi connectivity index (χ0) is 23.9. The fraction of sp³-hybridized carbons (Fsp3) is 1.00. The molecule has 0 radical (unpaired) electrons. The summed E-state index contributed by atoms with van der Waals surface area (Å²) >= 11 is 0. The van der Waals surface area contributed by atoms with Crippen molar-refractivity contribution >= 4 is 10.1 Å². The van der Waals surface area contributed by atoms with Crippen molar-refractivity contribution in [2.75, 3.05) is 34.0 Å².